The van der Waals surface area contributed by atoms with Crippen LogP contribution in [0.15, 0.2) is 6.20 Å². The molecule has 3 rings (SSSR count). The van der Waals surface area contributed by atoms with Crippen LogP contribution in [-0.2, 0) is 23.1 Å². The summed E-state index contributed by atoms with van der Waals surface area (Å²) < 4.78 is 13.8. The summed E-state index contributed by atoms with van der Waals surface area (Å²) in [5.74, 6) is 0. The zero-order chi connectivity index (χ0) is 14.9. The summed E-state index contributed by atoms with van der Waals surface area (Å²) in [6.07, 6.45) is 6.68. The Bertz CT molecular complexity index is 478. The van der Waals surface area contributed by atoms with Crippen LogP contribution < -0.4 is 0 Å². The Morgan fingerprint density at radius 1 is 1.43 bits per heavy atom. The summed E-state index contributed by atoms with van der Waals surface area (Å²) in [5.41, 5.74) is 2.56. The van der Waals surface area contributed by atoms with E-state index in [2.05, 4.69) is 16.9 Å². The molecule has 3 heterocycles. The maximum absolute atomic E-state index is 6.17. The van der Waals surface area contributed by atoms with Gasteiger partial charge in [-0.1, -0.05) is 0 Å². The lowest BCUT2D eigenvalue weighted by atomic mass is 9.82. The smallest absolute Gasteiger partial charge is 0.0967 e. The van der Waals surface area contributed by atoms with Gasteiger partial charge in [0.2, 0.25) is 0 Å². The fraction of sp³-hybridized carbons (Fsp3) is 0.812. The van der Waals surface area contributed by atoms with E-state index >= 15 is 0 Å². The van der Waals surface area contributed by atoms with Gasteiger partial charge in [-0.2, -0.15) is 5.10 Å². The number of aryl methyl sites for hydroxylation is 1. The van der Waals surface area contributed by atoms with E-state index in [4.69, 9.17) is 9.47 Å². The molecule has 0 aliphatic carbocycles. The third kappa shape index (κ3) is 2.87. The first-order valence-corrected chi connectivity index (χ1v) is 8.01. The van der Waals surface area contributed by atoms with Crippen molar-refractivity contribution in [2.75, 3.05) is 26.8 Å². The van der Waals surface area contributed by atoms with Crippen molar-refractivity contribution in [1.29, 1.82) is 0 Å². The van der Waals surface area contributed by atoms with Gasteiger partial charge in [-0.15, -0.1) is 0 Å². The molecule has 0 unspecified atom stereocenters. The highest BCUT2D eigenvalue weighted by Crippen LogP contribution is 2.37. The van der Waals surface area contributed by atoms with Crippen LogP contribution in [-0.4, -0.2) is 53.2 Å². The summed E-state index contributed by atoms with van der Waals surface area (Å²) in [6, 6.07) is 0. The molecule has 1 aromatic rings. The third-order valence-corrected chi connectivity index (χ3v) is 5.30. The molecular formula is C16H27N3O2. The van der Waals surface area contributed by atoms with Crippen molar-refractivity contribution in [3.05, 3.63) is 17.5 Å². The van der Waals surface area contributed by atoms with Gasteiger partial charge in [-0.05, 0) is 32.6 Å². The van der Waals surface area contributed by atoms with E-state index in [1.807, 2.05) is 25.0 Å². The number of nitrogens with zero attached hydrogens (tertiary/aromatic N) is 3. The number of ether oxygens (including phenoxy) is 2. The molecular weight excluding hydrogens is 266 g/mol. The van der Waals surface area contributed by atoms with E-state index in [0.29, 0.717) is 0 Å². The molecule has 0 N–H and O–H groups in total. The molecule has 1 spiro atoms. The number of methoxy groups -OCH3 is 1. The Balaban J connectivity index is 1.61. The van der Waals surface area contributed by atoms with Crippen LogP contribution in [0.1, 0.15) is 36.9 Å². The molecule has 1 atom stereocenters. The number of hydrogen-bond acceptors (Lipinski definition) is 4. The molecule has 0 bridgehead atoms. The molecule has 118 valence electrons. The molecule has 5 nitrogen and oxygen atoms in total. The number of piperidine rings is 1. The molecule has 1 aromatic heterocycles. The number of rotatable bonds is 3. The summed E-state index contributed by atoms with van der Waals surface area (Å²) in [5, 5.41) is 4.34. The van der Waals surface area contributed by atoms with Gasteiger partial charge in [-0.25, -0.2) is 0 Å². The maximum atomic E-state index is 6.17. The van der Waals surface area contributed by atoms with E-state index in [1.165, 1.54) is 11.3 Å². The SMILES string of the molecule is CO[C@@H]1CCCOC12CCN(Cc1cnn(C)c1C)CC2. The molecule has 0 saturated carbocycles. The molecule has 2 aliphatic heterocycles. The van der Waals surface area contributed by atoms with Crippen LogP contribution in [0.3, 0.4) is 0 Å². The molecule has 5 heteroatoms. The molecule has 2 fully saturated rings. The van der Waals surface area contributed by atoms with E-state index in [-0.39, 0.29) is 11.7 Å². The number of likely N-dealkylation sites (tertiary alicyclic amines) is 1. The van der Waals surface area contributed by atoms with E-state index in [0.717, 1.165) is 51.9 Å². The molecule has 21 heavy (non-hydrogen) atoms. The minimum Gasteiger partial charge on any atom is -0.378 e. The second-order valence-corrected chi connectivity index (χ2v) is 6.43. The molecule has 0 amide bonds. The highest BCUT2D eigenvalue weighted by Gasteiger charge is 2.44. The van der Waals surface area contributed by atoms with E-state index in [1.54, 1.807) is 0 Å². The van der Waals surface area contributed by atoms with Crippen molar-refractivity contribution in [1.82, 2.24) is 14.7 Å². The summed E-state index contributed by atoms with van der Waals surface area (Å²) in [4.78, 5) is 2.51. The fourth-order valence-electron chi connectivity index (χ4n) is 3.73. The van der Waals surface area contributed by atoms with E-state index in [9.17, 15) is 0 Å². The van der Waals surface area contributed by atoms with Gasteiger partial charge in [-0.3, -0.25) is 9.58 Å². The third-order valence-electron chi connectivity index (χ3n) is 5.30. The molecule has 2 saturated heterocycles. The van der Waals surface area contributed by atoms with Gasteiger partial charge in [0, 0.05) is 51.7 Å². The molecule has 0 radical (unpaired) electrons. The largest absolute Gasteiger partial charge is 0.378 e. The number of hydrogen-bond donors (Lipinski definition) is 0. The second-order valence-electron chi connectivity index (χ2n) is 6.43. The first-order chi connectivity index (χ1) is 10.1. The highest BCUT2D eigenvalue weighted by molar-refractivity contribution is 5.15. The Kier molecular flexibility index (Phi) is 4.33. The van der Waals surface area contributed by atoms with E-state index < -0.39 is 0 Å². The predicted octanol–water partition coefficient (Wildman–Crippen LogP) is 1.89. The lowest BCUT2D eigenvalue weighted by Crippen LogP contribution is -2.55. The van der Waals surface area contributed by atoms with Crippen molar-refractivity contribution < 1.29 is 9.47 Å². The quantitative estimate of drug-likeness (QED) is 0.853. The Labute approximate surface area is 127 Å². The monoisotopic (exact) mass is 293 g/mol. The summed E-state index contributed by atoms with van der Waals surface area (Å²) in [6.45, 7) is 6.18. The normalized spacial score (nSPS) is 26.3. The van der Waals surface area contributed by atoms with Crippen LogP contribution in [0.5, 0.6) is 0 Å². The van der Waals surface area contributed by atoms with Crippen molar-refractivity contribution in [2.45, 2.75) is 50.9 Å². The zero-order valence-corrected chi connectivity index (χ0v) is 13.5. The van der Waals surface area contributed by atoms with Crippen molar-refractivity contribution in [3.63, 3.8) is 0 Å². The van der Waals surface area contributed by atoms with Crippen LogP contribution in [0.25, 0.3) is 0 Å². The van der Waals surface area contributed by atoms with Gasteiger partial charge in [0.25, 0.3) is 0 Å². The Morgan fingerprint density at radius 3 is 2.81 bits per heavy atom. The van der Waals surface area contributed by atoms with Crippen LogP contribution >= 0.6 is 0 Å². The van der Waals surface area contributed by atoms with Crippen LogP contribution in [0, 0.1) is 6.92 Å². The molecule has 2 aliphatic rings. The summed E-state index contributed by atoms with van der Waals surface area (Å²) >= 11 is 0. The van der Waals surface area contributed by atoms with Crippen molar-refractivity contribution >= 4 is 0 Å². The zero-order valence-electron chi connectivity index (χ0n) is 13.5. The lowest BCUT2D eigenvalue weighted by Gasteiger charge is -2.48. The topological polar surface area (TPSA) is 39.5 Å². The highest BCUT2D eigenvalue weighted by atomic mass is 16.5. The lowest BCUT2D eigenvalue weighted by molar-refractivity contribution is -0.186. The fourth-order valence-corrected chi connectivity index (χ4v) is 3.73. The first-order valence-electron chi connectivity index (χ1n) is 8.01. The van der Waals surface area contributed by atoms with Gasteiger partial charge >= 0.3 is 0 Å². The van der Waals surface area contributed by atoms with Gasteiger partial charge < -0.3 is 9.47 Å². The van der Waals surface area contributed by atoms with Gasteiger partial charge in [0.15, 0.2) is 0 Å². The Hall–Kier alpha value is -0.910. The summed E-state index contributed by atoms with van der Waals surface area (Å²) in [7, 11) is 3.83. The second kappa shape index (κ2) is 6.07. The standard InChI is InChI=1S/C16H27N3O2/c1-13-14(11-17-18(13)2)12-19-8-6-16(7-9-19)15(20-3)5-4-10-21-16/h11,15H,4-10,12H2,1-3H3/t15-/m1/s1. The molecule has 0 aromatic carbocycles. The minimum atomic E-state index is -0.0342. The Morgan fingerprint density at radius 2 is 2.19 bits per heavy atom. The minimum absolute atomic E-state index is 0.0342. The average Bonchev–Trinajstić information content (AvgIpc) is 2.82. The van der Waals surface area contributed by atoms with Gasteiger partial charge in [0.05, 0.1) is 17.9 Å². The van der Waals surface area contributed by atoms with Crippen LogP contribution in [0.2, 0.25) is 0 Å². The average molecular weight is 293 g/mol. The van der Waals surface area contributed by atoms with Crippen molar-refractivity contribution in [2.24, 2.45) is 7.05 Å². The first kappa shape index (κ1) is 15.0. The maximum Gasteiger partial charge on any atom is 0.0967 e. The van der Waals surface area contributed by atoms with Crippen LogP contribution in [0.4, 0.5) is 0 Å². The predicted molar refractivity (Wildman–Crippen MR) is 81.2 cm³/mol. The number of aromatic nitrogens is 2. The van der Waals surface area contributed by atoms with Crippen molar-refractivity contribution in [3.8, 4) is 0 Å². The van der Waals surface area contributed by atoms with Gasteiger partial charge in [0.1, 0.15) is 0 Å².